The number of nitrogens with zero attached hydrogens (tertiary/aromatic N) is 3. The maximum atomic E-state index is 13.8. The number of hydrogen-bond acceptors (Lipinski definition) is 3. The lowest BCUT2D eigenvalue weighted by molar-refractivity contribution is -0.141. The predicted molar refractivity (Wildman–Crippen MR) is 81.5 cm³/mol. The summed E-state index contributed by atoms with van der Waals surface area (Å²) in [5.41, 5.74) is 0.565. The smallest absolute Gasteiger partial charge is 0.241 e. The Kier molecular flexibility index (Phi) is 5.13. The zero-order valence-electron chi connectivity index (χ0n) is 13.3. The molecule has 120 valence electrons. The Bertz CT molecular complexity index is 562. The molecule has 1 aliphatic heterocycles. The SMILES string of the molecule is CC(=O)N1CCN(Cc2ccccc2F)[C@H](C(=O)N(C)C)C1. The largest absolute Gasteiger partial charge is 0.347 e. The van der Waals surface area contributed by atoms with Gasteiger partial charge in [0.2, 0.25) is 11.8 Å². The second-order valence-corrected chi connectivity index (χ2v) is 5.78. The molecule has 0 N–H and O–H groups in total. The van der Waals surface area contributed by atoms with Crippen LogP contribution in [0.1, 0.15) is 12.5 Å². The minimum absolute atomic E-state index is 0.0397. The van der Waals surface area contributed by atoms with E-state index in [-0.39, 0.29) is 17.6 Å². The minimum atomic E-state index is -0.438. The average molecular weight is 307 g/mol. The van der Waals surface area contributed by atoms with Gasteiger partial charge < -0.3 is 9.80 Å². The molecule has 6 heteroatoms. The molecule has 1 aromatic rings. The van der Waals surface area contributed by atoms with E-state index in [1.807, 2.05) is 4.90 Å². The number of piperazine rings is 1. The van der Waals surface area contributed by atoms with Gasteiger partial charge in [-0.1, -0.05) is 18.2 Å². The van der Waals surface area contributed by atoms with Crippen molar-refractivity contribution in [3.8, 4) is 0 Å². The summed E-state index contributed by atoms with van der Waals surface area (Å²) in [5.74, 6) is -0.378. The van der Waals surface area contributed by atoms with Gasteiger partial charge in [-0.05, 0) is 6.07 Å². The molecule has 0 spiro atoms. The van der Waals surface area contributed by atoms with Crippen LogP contribution in [0.5, 0.6) is 0 Å². The third-order valence-electron chi connectivity index (χ3n) is 3.99. The van der Waals surface area contributed by atoms with Crippen molar-refractivity contribution in [1.82, 2.24) is 14.7 Å². The first-order valence-corrected chi connectivity index (χ1v) is 7.34. The second-order valence-electron chi connectivity index (χ2n) is 5.78. The van der Waals surface area contributed by atoms with Gasteiger partial charge in [0.05, 0.1) is 0 Å². The minimum Gasteiger partial charge on any atom is -0.347 e. The van der Waals surface area contributed by atoms with Crippen molar-refractivity contribution < 1.29 is 14.0 Å². The highest BCUT2D eigenvalue weighted by atomic mass is 19.1. The van der Waals surface area contributed by atoms with Crippen molar-refractivity contribution in [1.29, 1.82) is 0 Å². The second kappa shape index (κ2) is 6.87. The first-order chi connectivity index (χ1) is 10.4. The Balaban J connectivity index is 2.19. The molecular weight excluding hydrogens is 285 g/mol. The summed E-state index contributed by atoms with van der Waals surface area (Å²) < 4.78 is 13.8. The molecule has 2 amide bonds. The molecule has 0 aliphatic carbocycles. The van der Waals surface area contributed by atoms with Gasteiger partial charge in [-0.3, -0.25) is 14.5 Å². The molecule has 5 nitrogen and oxygen atoms in total. The third-order valence-corrected chi connectivity index (χ3v) is 3.99. The molecule has 1 aromatic carbocycles. The predicted octanol–water partition coefficient (Wildman–Crippen LogP) is 0.947. The maximum absolute atomic E-state index is 13.8. The molecule has 2 rings (SSSR count). The third kappa shape index (κ3) is 3.62. The van der Waals surface area contributed by atoms with Gasteiger partial charge in [-0.25, -0.2) is 4.39 Å². The van der Waals surface area contributed by atoms with Gasteiger partial charge in [-0.2, -0.15) is 0 Å². The van der Waals surface area contributed by atoms with E-state index in [4.69, 9.17) is 0 Å². The van der Waals surface area contributed by atoms with Gasteiger partial charge in [0, 0.05) is 52.8 Å². The summed E-state index contributed by atoms with van der Waals surface area (Å²) in [5, 5.41) is 0. The van der Waals surface area contributed by atoms with E-state index in [0.29, 0.717) is 31.7 Å². The van der Waals surface area contributed by atoms with Crippen LogP contribution < -0.4 is 0 Å². The molecule has 0 unspecified atom stereocenters. The summed E-state index contributed by atoms with van der Waals surface area (Å²) in [7, 11) is 3.38. The molecule has 1 aliphatic rings. The summed E-state index contributed by atoms with van der Waals surface area (Å²) in [6.45, 7) is 3.33. The normalized spacial score (nSPS) is 19.1. The van der Waals surface area contributed by atoms with E-state index in [1.54, 1.807) is 37.2 Å². The first kappa shape index (κ1) is 16.4. The molecule has 1 atom stereocenters. The Labute approximate surface area is 130 Å². The van der Waals surface area contributed by atoms with Crippen molar-refractivity contribution in [2.24, 2.45) is 0 Å². The average Bonchev–Trinajstić information content (AvgIpc) is 2.48. The molecule has 1 saturated heterocycles. The molecule has 0 aromatic heterocycles. The van der Waals surface area contributed by atoms with E-state index in [2.05, 4.69) is 0 Å². The Morgan fingerprint density at radius 2 is 1.95 bits per heavy atom. The number of benzene rings is 1. The first-order valence-electron chi connectivity index (χ1n) is 7.34. The maximum Gasteiger partial charge on any atom is 0.241 e. The van der Waals surface area contributed by atoms with Crippen LogP contribution >= 0.6 is 0 Å². The van der Waals surface area contributed by atoms with Gasteiger partial charge in [-0.15, -0.1) is 0 Å². The van der Waals surface area contributed by atoms with Crippen LogP contribution in [0.15, 0.2) is 24.3 Å². The van der Waals surface area contributed by atoms with Crippen LogP contribution in [0.3, 0.4) is 0 Å². The highest BCUT2D eigenvalue weighted by Gasteiger charge is 2.34. The zero-order valence-corrected chi connectivity index (χ0v) is 13.3. The fourth-order valence-corrected chi connectivity index (χ4v) is 2.67. The Morgan fingerprint density at radius 3 is 2.55 bits per heavy atom. The van der Waals surface area contributed by atoms with Crippen molar-refractivity contribution >= 4 is 11.8 Å². The topological polar surface area (TPSA) is 43.9 Å². The van der Waals surface area contributed by atoms with E-state index in [1.165, 1.54) is 17.9 Å². The quantitative estimate of drug-likeness (QED) is 0.835. The molecular formula is C16H22FN3O2. The number of rotatable bonds is 3. The van der Waals surface area contributed by atoms with Gasteiger partial charge in [0.25, 0.3) is 0 Å². The van der Waals surface area contributed by atoms with E-state index >= 15 is 0 Å². The number of likely N-dealkylation sites (N-methyl/N-ethyl adjacent to an activating group) is 1. The summed E-state index contributed by atoms with van der Waals surface area (Å²) in [6, 6.07) is 6.14. The molecule has 0 radical (unpaired) electrons. The highest BCUT2D eigenvalue weighted by Crippen LogP contribution is 2.17. The van der Waals surface area contributed by atoms with Crippen LogP contribution in [-0.2, 0) is 16.1 Å². The number of amides is 2. The summed E-state index contributed by atoms with van der Waals surface area (Å²) in [4.78, 5) is 29.1. The van der Waals surface area contributed by atoms with Crippen molar-refractivity contribution in [3.05, 3.63) is 35.6 Å². The Morgan fingerprint density at radius 1 is 1.27 bits per heavy atom. The van der Waals surface area contributed by atoms with Crippen LogP contribution in [0.4, 0.5) is 4.39 Å². The van der Waals surface area contributed by atoms with Gasteiger partial charge >= 0.3 is 0 Å². The van der Waals surface area contributed by atoms with E-state index in [9.17, 15) is 14.0 Å². The number of carbonyl (C=O) groups excluding carboxylic acids is 2. The Hall–Kier alpha value is -1.95. The number of hydrogen-bond donors (Lipinski definition) is 0. The number of halogens is 1. The fourth-order valence-electron chi connectivity index (χ4n) is 2.67. The zero-order chi connectivity index (χ0) is 16.3. The van der Waals surface area contributed by atoms with Crippen LogP contribution in [0.2, 0.25) is 0 Å². The number of carbonyl (C=O) groups is 2. The molecule has 0 bridgehead atoms. The molecule has 0 saturated carbocycles. The summed E-state index contributed by atoms with van der Waals surface area (Å²) in [6.07, 6.45) is 0. The van der Waals surface area contributed by atoms with Crippen molar-refractivity contribution in [3.63, 3.8) is 0 Å². The molecule has 1 fully saturated rings. The van der Waals surface area contributed by atoms with Crippen molar-refractivity contribution in [2.75, 3.05) is 33.7 Å². The van der Waals surface area contributed by atoms with Crippen molar-refractivity contribution in [2.45, 2.75) is 19.5 Å². The lowest BCUT2D eigenvalue weighted by Gasteiger charge is -2.41. The van der Waals surface area contributed by atoms with E-state index in [0.717, 1.165) is 0 Å². The lowest BCUT2D eigenvalue weighted by atomic mass is 10.1. The lowest BCUT2D eigenvalue weighted by Crippen LogP contribution is -2.59. The molecule has 22 heavy (non-hydrogen) atoms. The molecule has 1 heterocycles. The van der Waals surface area contributed by atoms with Gasteiger partial charge in [0.15, 0.2) is 0 Å². The standard InChI is InChI=1S/C16H22FN3O2/c1-12(21)19-8-9-20(15(11-19)16(22)18(2)3)10-13-6-4-5-7-14(13)17/h4-7,15H,8-11H2,1-3H3/t15-/m0/s1. The van der Waals surface area contributed by atoms with Crippen LogP contribution in [-0.4, -0.2) is 66.3 Å². The highest BCUT2D eigenvalue weighted by molar-refractivity contribution is 5.83. The van der Waals surface area contributed by atoms with Crippen LogP contribution in [0, 0.1) is 5.82 Å². The summed E-state index contributed by atoms with van der Waals surface area (Å²) >= 11 is 0. The fraction of sp³-hybridized carbons (Fsp3) is 0.500. The van der Waals surface area contributed by atoms with E-state index < -0.39 is 6.04 Å². The monoisotopic (exact) mass is 307 g/mol. The van der Waals surface area contributed by atoms with Crippen LogP contribution in [0.25, 0.3) is 0 Å². The van der Waals surface area contributed by atoms with Gasteiger partial charge in [0.1, 0.15) is 11.9 Å².